The third-order valence-electron chi connectivity index (χ3n) is 5.19. The van der Waals surface area contributed by atoms with Crippen LogP contribution in [-0.2, 0) is 28.8 Å². The average molecular weight is 546 g/mol. The average Bonchev–Trinajstić information content (AvgIpc) is 2.80. The van der Waals surface area contributed by atoms with Crippen molar-refractivity contribution in [2.24, 2.45) is 28.1 Å². The lowest BCUT2D eigenvalue weighted by atomic mass is 10.0. The number of hydrogen-bond acceptors (Lipinski definition) is 8. The summed E-state index contributed by atoms with van der Waals surface area (Å²) in [5.74, 6) is -6.67. The van der Waals surface area contributed by atoms with Crippen LogP contribution in [0.3, 0.4) is 0 Å². The molecule has 16 nitrogen and oxygen atoms in total. The number of rotatable bonds is 19. The molecule has 0 aromatic carbocycles. The zero-order chi connectivity index (χ0) is 29.4. The molecule has 38 heavy (non-hydrogen) atoms. The highest BCUT2D eigenvalue weighted by molar-refractivity contribution is 5.94. The first-order chi connectivity index (χ1) is 17.6. The molecular formula is C22H39N7O9. The van der Waals surface area contributed by atoms with Crippen molar-refractivity contribution in [2.75, 3.05) is 6.54 Å². The summed E-state index contributed by atoms with van der Waals surface area (Å²) in [5, 5.41) is 34.1. The minimum absolute atomic E-state index is 0.0807. The van der Waals surface area contributed by atoms with Gasteiger partial charge in [0.05, 0.1) is 6.04 Å². The van der Waals surface area contributed by atoms with E-state index >= 15 is 0 Å². The van der Waals surface area contributed by atoms with Crippen molar-refractivity contribution >= 4 is 41.6 Å². The number of guanidine groups is 1. The number of hydrogen-bond donors (Lipinski definition) is 9. The van der Waals surface area contributed by atoms with Crippen molar-refractivity contribution in [1.82, 2.24) is 16.0 Å². The maximum atomic E-state index is 13.0. The van der Waals surface area contributed by atoms with Gasteiger partial charge in [0.25, 0.3) is 0 Å². The number of nitrogens with zero attached hydrogens (tertiary/aromatic N) is 1. The fourth-order valence-corrected chi connectivity index (χ4v) is 3.24. The van der Waals surface area contributed by atoms with Crippen LogP contribution in [-0.4, -0.2) is 87.6 Å². The lowest BCUT2D eigenvalue weighted by Gasteiger charge is -2.26. The first kappa shape index (κ1) is 34.0. The topological polar surface area (TPSA) is 290 Å². The van der Waals surface area contributed by atoms with Gasteiger partial charge < -0.3 is 48.5 Å². The fraction of sp³-hybridized carbons (Fsp3) is 0.682. The van der Waals surface area contributed by atoms with Crippen molar-refractivity contribution in [2.45, 2.75) is 83.0 Å². The molecule has 0 fully saturated rings. The Hall–Kier alpha value is -3.95. The number of carbonyl (C=O) groups is 6. The van der Waals surface area contributed by atoms with Crippen molar-refractivity contribution in [3.63, 3.8) is 0 Å². The Balaban J connectivity index is 5.51. The zero-order valence-corrected chi connectivity index (χ0v) is 21.5. The van der Waals surface area contributed by atoms with E-state index < -0.39 is 79.1 Å². The van der Waals surface area contributed by atoms with Crippen LogP contribution in [0.5, 0.6) is 0 Å². The first-order valence-electron chi connectivity index (χ1n) is 12.0. The van der Waals surface area contributed by atoms with Crippen LogP contribution >= 0.6 is 0 Å². The lowest BCUT2D eigenvalue weighted by Crippen LogP contribution is -2.57. The van der Waals surface area contributed by atoms with E-state index in [1.165, 1.54) is 0 Å². The van der Waals surface area contributed by atoms with E-state index in [0.29, 0.717) is 6.42 Å². The molecular weight excluding hydrogens is 506 g/mol. The number of carbonyl (C=O) groups excluding carboxylic acids is 3. The van der Waals surface area contributed by atoms with Gasteiger partial charge in [0.1, 0.15) is 18.1 Å². The number of amides is 3. The number of aliphatic imine (C=N–C) groups is 1. The third-order valence-corrected chi connectivity index (χ3v) is 5.19. The highest BCUT2D eigenvalue weighted by atomic mass is 16.4. The van der Waals surface area contributed by atoms with Gasteiger partial charge in [-0.1, -0.05) is 13.8 Å². The molecule has 0 aliphatic rings. The van der Waals surface area contributed by atoms with Gasteiger partial charge in [0, 0.05) is 19.4 Å². The normalized spacial score (nSPS) is 13.9. The summed E-state index contributed by atoms with van der Waals surface area (Å²) in [4.78, 5) is 75.4. The number of carboxylic acids is 3. The van der Waals surface area contributed by atoms with Gasteiger partial charge in [-0.15, -0.1) is 0 Å². The smallest absolute Gasteiger partial charge is 0.326 e. The Labute approximate surface area is 219 Å². The predicted octanol–water partition coefficient (Wildman–Crippen LogP) is -2.32. The molecule has 0 heterocycles. The third kappa shape index (κ3) is 15.2. The Morgan fingerprint density at radius 2 is 1.21 bits per heavy atom. The molecule has 3 amide bonds. The highest BCUT2D eigenvalue weighted by Crippen LogP contribution is 2.09. The molecule has 0 saturated heterocycles. The maximum absolute atomic E-state index is 13.0. The minimum atomic E-state index is -1.58. The molecule has 0 bridgehead atoms. The van der Waals surface area contributed by atoms with Gasteiger partial charge in [-0.2, -0.15) is 0 Å². The molecule has 16 heteroatoms. The van der Waals surface area contributed by atoms with E-state index in [1.807, 2.05) is 0 Å². The van der Waals surface area contributed by atoms with E-state index in [1.54, 1.807) is 13.8 Å². The van der Waals surface area contributed by atoms with Crippen molar-refractivity contribution in [3.05, 3.63) is 0 Å². The summed E-state index contributed by atoms with van der Waals surface area (Å²) in [6, 6.07) is -5.16. The number of nitrogens with two attached hydrogens (primary N) is 3. The molecule has 0 aliphatic heterocycles. The largest absolute Gasteiger partial charge is 0.481 e. The summed E-state index contributed by atoms with van der Waals surface area (Å²) in [7, 11) is 0. The Bertz CT molecular complexity index is 875. The number of carboxylic acid groups (broad SMARTS) is 3. The van der Waals surface area contributed by atoms with Crippen LogP contribution in [0.25, 0.3) is 0 Å². The van der Waals surface area contributed by atoms with E-state index in [4.69, 9.17) is 27.4 Å². The molecule has 0 radical (unpaired) electrons. The standard InChI is InChI=1S/C22H39N7O9/c1-11(2)10-15(29-18(34)12(23)4-3-9-26-22(24)25)20(36)27-13(5-7-16(30)31)19(35)28-14(21(37)38)6-8-17(32)33/h11-15H,3-10,23H2,1-2H3,(H,27,36)(H,28,35)(H,29,34)(H,30,31)(H,32,33)(H,37,38)(H4,24,25,26). The van der Waals surface area contributed by atoms with Gasteiger partial charge in [-0.3, -0.25) is 29.0 Å². The Kier molecular flexibility index (Phi) is 15.7. The van der Waals surface area contributed by atoms with Crippen LogP contribution in [0, 0.1) is 5.92 Å². The molecule has 0 rings (SSSR count). The van der Waals surface area contributed by atoms with E-state index in [0.717, 1.165) is 0 Å². The Morgan fingerprint density at radius 3 is 1.68 bits per heavy atom. The molecule has 4 unspecified atom stereocenters. The number of aliphatic carboxylic acids is 3. The fourth-order valence-electron chi connectivity index (χ4n) is 3.24. The van der Waals surface area contributed by atoms with Gasteiger partial charge in [0.15, 0.2) is 5.96 Å². The number of nitrogens with one attached hydrogen (secondary N) is 3. The van der Waals surface area contributed by atoms with E-state index in [2.05, 4.69) is 20.9 Å². The molecule has 0 saturated carbocycles. The molecule has 12 N–H and O–H groups in total. The van der Waals surface area contributed by atoms with Gasteiger partial charge >= 0.3 is 17.9 Å². The second-order valence-electron chi connectivity index (χ2n) is 9.07. The van der Waals surface area contributed by atoms with Gasteiger partial charge in [-0.25, -0.2) is 4.79 Å². The van der Waals surface area contributed by atoms with Gasteiger partial charge in [-0.05, 0) is 38.0 Å². The van der Waals surface area contributed by atoms with Crippen LogP contribution in [0.4, 0.5) is 0 Å². The van der Waals surface area contributed by atoms with Crippen LogP contribution in [0.2, 0.25) is 0 Å². The molecule has 0 aromatic heterocycles. The summed E-state index contributed by atoms with van der Waals surface area (Å²) < 4.78 is 0. The van der Waals surface area contributed by atoms with Crippen molar-refractivity contribution < 1.29 is 44.1 Å². The summed E-state index contributed by atoms with van der Waals surface area (Å²) in [6.07, 6.45) is -1.12. The minimum Gasteiger partial charge on any atom is -0.481 e. The summed E-state index contributed by atoms with van der Waals surface area (Å²) in [6.45, 7) is 3.83. The first-order valence-corrected chi connectivity index (χ1v) is 12.0. The SMILES string of the molecule is CC(C)CC(NC(=O)C(N)CCCN=C(N)N)C(=O)NC(CCC(=O)O)C(=O)NC(CCC(=O)O)C(=O)O. The quantitative estimate of drug-likeness (QED) is 0.0469. The van der Waals surface area contributed by atoms with Crippen molar-refractivity contribution in [1.29, 1.82) is 0 Å². The van der Waals surface area contributed by atoms with Crippen molar-refractivity contribution in [3.8, 4) is 0 Å². The monoisotopic (exact) mass is 545 g/mol. The summed E-state index contributed by atoms with van der Waals surface area (Å²) >= 11 is 0. The van der Waals surface area contributed by atoms with E-state index in [-0.39, 0.29) is 37.7 Å². The predicted molar refractivity (Wildman–Crippen MR) is 135 cm³/mol. The zero-order valence-electron chi connectivity index (χ0n) is 21.5. The molecule has 4 atom stereocenters. The van der Waals surface area contributed by atoms with Crippen LogP contribution in [0.1, 0.15) is 58.8 Å². The lowest BCUT2D eigenvalue weighted by molar-refractivity contribution is -0.144. The molecule has 0 spiro atoms. The maximum Gasteiger partial charge on any atom is 0.326 e. The molecule has 0 aliphatic carbocycles. The van der Waals surface area contributed by atoms with Crippen LogP contribution < -0.4 is 33.2 Å². The highest BCUT2D eigenvalue weighted by Gasteiger charge is 2.31. The van der Waals surface area contributed by atoms with E-state index in [9.17, 15) is 33.9 Å². The molecule has 0 aromatic rings. The second kappa shape index (κ2) is 17.5. The second-order valence-corrected chi connectivity index (χ2v) is 9.07. The summed E-state index contributed by atoms with van der Waals surface area (Å²) in [5.41, 5.74) is 16.4. The van der Waals surface area contributed by atoms with Crippen LogP contribution in [0.15, 0.2) is 4.99 Å². The van der Waals surface area contributed by atoms with Gasteiger partial charge in [0.2, 0.25) is 17.7 Å². The Morgan fingerprint density at radius 1 is 0.737 bits per heavy atom. The molecule has 216 valence electrons.